The summed E-state index contributed by atoms with van der Waals surface area (Å²) in [4.78, 5) is 4.31. The second-order valence-electron chi connectivity index (χ2n) is 6.02. The molecular weight excluding hydrogens is 212 g/mol. The standard InChI is InChI=1S/C14H24N2O/c1-4-16-10-9-15-13(16)12(17)11-5-7-14(2,3)8-6-11/h9-12,17H,4-8H2,1-3H3. The first-order valence-electron chi connectivity index (χ1n) is 6.72. The van der Waals surface area contributed by atoms with Crippen molar-refractivity contribution < 1.29 is 5.11 Å². The smallest absolute Gasteiger partial charge is 0.137 e. The number of aromatic nitrogens is 2. The summed E-state index contributed by atoms with van der Waals surface area (Å²) in [5.41, 5.74) is 0.455. The van der Waals surface area contributed by atoms with Crippen LogP contribution in [-0.4, -0.2) is 14.7 Å². The zero-order chi connectivity index (χ0) is 12.5. The van der Waals surface area contributed by atoms with Gasteiger partial charge in [0.1, 0.15) is 11.9 Å². The van der Waals surface area contributed by atoms with Crippen LogP contribution < -0.4 is 0 Å². The molecule has 0 spiro atoms. The average Bonchev–Trinajstić information content (AvgIpc) is 2.76. The van der Waals surface area contributed by atoms with Gasteiger partial charge in [0.05, 0.1) is 0 Å². The normalized spacial score (nSPS) is 22.6. The minimum atomic E-state index is -0.388. The number of aliphatic hydroxyl groups excluding tert-OH is 1. The van der Waals surface area contributed by atoms with Crippen LogP contribution in [0.25, 0.3) is 0 Å². The van der Waals surface area contributed by atoms with Gasteiger partial charge in [0.15, 0.2) is 0 Å². The first-order valence-corrected chi connectivity index (χ1v) is 6.72. The minimum absolute atomic E-state index is 0.385. The molecule has 1 saturated carbocycles. The van der Waals surface area contributed by atoms with Gasteiger partial charge in [0.2, 0.25) is 0 Å². The van der Waals surface area contributed by atoms with E-state index in [1.165, 1.54) is 12.8 Å². The van der Waals surface area contributed by atoms with Gasteiger partial charge in [-0.05, 0) is 43.9 Å². The first kappa shape index (κ1) is 12.6. The van der Waals surface area contributed by atoms with Crippen molar-refractivity contribution in [3.05, 3.63) is 18.2 Å². The number of hydrogen-bond donors (Lipinski definition) is 1. The van der Waals surface area contributed by atoms with Gasteiger partial charge in [-0.15, -0.1) is 0 Å². The fourth-order valence-electron chi connectivity index (χ4n) is 2.80. The maximum Gasteiger partial charge on any atom is 0.137 e. The van der Waals surface area contributed by atoms with E-state index in [1.54, 1.807) is 6.20 Å². The van der Waals surface area contributed by atoms with Gasteiger partial charge < -0.3 is 9.67 Å². The maximum atomic E-state index is 10.4. The number of aliphatic hydroxyl groups is 1. The van der Waals surface area contributed by atoms with Crippen molar-refractivity contribution in [3.8, 4) is 0 Å². The predicted octanol–water partition coefficient (Wildman–Crippen LogP) is 3.15. The van der Waals surface area contributed by atoms with Crippen LogP contribution in [0.15, 0.2) is 12.4 Å². The summed E-state index contributed by atoms with van der Waals surface area (Å²) in [5.74, 6) is 1.23. The molecular formula is C14H24N2O. The molecule has 0 bridgehead atoms. The summed E-state index contributed by atoms with van der Waals surface area (Å²) in [5, 5.41) is 10.4. The van der Waals surface area contributed by atoms with E-state index in [0.717, 1.165) is 25.2 Å². The fraction of sp³-hybridized carbons (Fsp3) is 0.786. The highest BCUT2D eigenvalue weighted by molar-refractivity contribution is 4.99. The van der Waals surface area contributed by atoms with Crippen LogP contribution in [0.3, 0.4) is 0 Å². The molecule has 0 saturated heterocycles. The molecule has 0 amide bonds. The second kappa shape index (κ2) is 4.81. The van der Waals surface area contributed by atoms with Gasteiger partial charge in [-0.2, -0.15) is 0 Å². The van der Waals surface area contributed by atoms with E-state index in [-0.39, 0.29) is 6.10 Å². The Morgan fingerprint density at radius 1 is 1.47 bits per heavy atom. The summed E-state index contributed by atoms with van der Waals surface area (Å²) in [7, 11) is 0. The van der Waals surface area contributed by atoms with Gasteiger partial charge in [-0.1, -0.05) is 13.8 Å². The van der Waals surface area contributed by atoms with Gasteiger partial charge in [0.25, 0.3) is 0 Å². The van der Waals surface area contributed by atoms with Crippen molar-refractivity contribution in [2.75, 3.05) is 0 Å². The highest BCUT2D eigenvalue weighted by Gasteiger charge is 2.32. The van der Waals surface area contributed by atoms with Gasteiger partial charge >= 0.3 is 0 Å². The molecule has 3 nitrogen and oxygen atoms in total. The molecule has 17 heavy (non-hydrogen) atoms. The maximum absolute atomic E-state index is 10.4. The number of rotatable bonds is 3. The fourth-order valence-corrected chi connectivity index (χ4v) is 2.80. The van der Waals surface area contributed by atoms with Crippen LogP contribution in [0.5, 0.6) is 0 Å². The second-order valence-corrected chi connectivity index (χ2v) is 6.02. The molecule has 1 heterocycles. The van der Waals surface area contributed by atoms with Crippen molar-refractivity contribution in [1.82, 2.24) is 9.55 Å². The van der Waals surface area contributed by atoms with Gasteiger partial charge in [0, 0.05) is 18.9 Å². The van der Waals surface area contributed by atoms with E-state index >= 15 is 0 Å². The topological polar surface area (TPSA) is 38.0 Å². The van der Waals surface area contributed by atoms with E-state index in [4.69, 9.17) is 0 Å². The molecule has 1 atom stereocenters. The zero-order valence-corrected chi connectivity index (χ0v) is 11.2. The van der Waals surface area contributed by atoms with E-state index in [9.17, 15) is 5.11 Å². The summed E-state index contributed by atoms with van der Waals surface area (Å²) < 4.78 is 2.05. The van der Waals surface area contributed by atoms with E-state index in [2.05, 4.69) is 25.8 Å². The van der Waals surface area contributed by atoms with Crippen molar-refractivity contribution in [2.45, 2.75) is 59.1 Å². The highest BCUT2D eigenvalue weighted by atomic mass is 16.3. The molecule has 1 aromatic heterocycles. The third-order valence-corrected chi connectivity index (χ3v) is 4.18. The highest BCUT2D eigenvalue weighted by Crippen LogP contribution is 2.42. The minimum Gasteiger partial charge on any atom is -0.385 e. The van der Waals surface area contributed by atoms with Crippen LogP contribution in [0, 0.1) is 11.3 Å². The van der Waals surface area contributed by atoms with Crippen molar-refractivity contribution in [2.24, 2.45) is 11.3 Å². The number of nitrogens with zero attached hydrogens (tertiary/aromatic N) is 2. The van der Waals surface area contributed by atoms with Crippen molar-refractivity contribution in [3.63, 3.8) is 0 Å². The lowest BCUT2D eigenvalue weighted by molar-refractivity contribution is 0.0484. The largest absolute Gasteiger partial charge is 0.385 e. The first-order chi connectivity index (χ1) is 8.03. The molecule has 0 aliphatic heterocycles. The molecule has 1 unspecified atom stereocenters. The van der Waals surface area contributed by atoms with Crippen LogP contribution >= 0.6 is 0 Å². The molecule has 0 aromatic carbocycles. The van der Waals surface area contributed by atoms with Gasteiger partial charge in [-0.3, -0.25) is 0 Å². The third-order valence-electron chi connectivity index (χ3n) is 4.18. The Hall–Kier alpha value is -0.830. The lowest BCUT2D eigenvalue weighted by Crippen LogP contribution is -2.26. The average molecular weight is 236 g/mol. The molecule has 2 rings (SSSR count). The monoisotopic (exact) mass is 236 g/mol. The van der Waals surface area contributed by atoms with Gasteiger partial charge in [-0.25, -0.2) is 4.98 Å². The van der Waals surface area contributed by atoms with Crippen LogP contribution in [0.2, 0.25) is 0 Å². The Morgan fingerprint density at radius 3 is 2.71 bits per heavy atom. The Bertz CT molecular complexity index is 360. The van der Waals surface area contributed by atoms with Crippen LogP contribution in [-0.2, 0) is 6.54 Å². The summed E-state index contributed by atoms with van der Waals surface area (Å²) in [6.07, 6.45) is 8.00. The quantitative estimate of drug-likeness (QED) is 0.875. The summed E-state index contributed by atoms with van der Waals surface area (Å²) in [6, 6.07) is 0. The molecule has 3 heteroatoms. The molecule has 1 aliphatic rings. The molecule has 1 aliphatic carbocycles. The van der Waals surface area contributed by atoms with Crippen molar-refractivity contribution >= 4 is 0 Å². The third kappa shape index (κ3) is 2.71. The summed E-state index contributed by atoms with van der Waals surface area (Å²) in [6.45, 7) is 7.61. The lowest BCUT2D eigenvalue weighted by atomic mass is 9.71. The zero-order valence-electron chi connectivity index (χ0n) is 11.2. The number of imidazole rings is 1. The van der Waals surface area contributed by atoms with Crippen molar-refractivity contribution in [1.29, 1.82) is 0 Å². The van der Waals surface area contributed by atoms with Crippen LogP contribution in [0.1, 0.15) is 58.4 Å². The van der Waals surface area contributed by atoms with E-state index in [1.807, 2.05) is 10.8 Å². The number of aryl methyl sites for hydroxylation is 1. The molecule has 1 N–H and O–H groups in total. The summed E-state index contributed by atoms with van der Waals surface area (Å²) >= 11 is 0. The molecule has 1 fully saturated rings. The Labute approximate surface area is 104 Å². The Kier molecular flexibility index (Phi) is 3.57. The molecule has 1 aromatic rings. The molecule has 0 radical (unpaired) electrons. The number of hydrogen-bond acceptors (Lipinski definition) is 2. The Balaban J connectivity index is 2.04. The van der Waals surface area contributed by atoms with E-state index < -0.39 is 0 Å². The van der Waals surface area contributed by atoms with E-state index in [0.29, 0.717) is 11.3 Å². The van der Waals surface area contributed by atoms with Crippen LogP contribution in [0.4, 0.5) is 0 Å². The SMILES string of the molecule is CCn1ccnc1C(O)C1CCC(C)(C)CC1. The Morgan fingerprint density at radius 2 is 2.12 bits per heavy atom. The molecule has 96 valence electrons. The lowest BCUT2D eigenvalue weighted by Gasteiger charge is -2.36. The predicted molar refractivity (Wildman–Crippen MR) is 68.6 cm³/mol.